The summed E-state index contributed by atoms with van der Waals surface area (Å²) in [6.45, 7) is 0.252. The number of hydrazone groups is 1. The number of anilines is 1. The average molecular weight is 486 g/mol. The third-order valence-corrected chi connectivity index (χ3v) is 6.38. The second-order valence-corrected chi connectivity index (χ2v) is 9.53. The Morgan fingerprint density at radius 3 is 2.55 bits per heavy atom. The van der Waals surface area contributed by atoms with Crippen LogP contribution in [0.3, 0.4) is 0 Å². The summed E-state index contributed by atoms with van der Waals surface area (Å²) in [7, 11) is -3.58. The van der Waals surface area contributed by atoms with Crippen LogP contribution in [0.5, 0.6) is 11.5 Å². The average Bonchev–Trinajstić information content (AvgIpc) is 3.26. The minimum Gasteiger partial charge on any atom is -0.454 e. The van der Waals surface area contributed by atoms with Gasteiger partial charge in [-0.2, -0.15) is 5.10 Å². The highest BCUT2D eigenvalue weighted by molar-refractivity contribution is 7.92. The van der Waals surface area contributed by atoms with Gasteiger partial charge in [0.25, 0.3) is 5.91 Å². The minimum atomic E-state index is -3.58. The molecular weight excluding hydrogens is 466 g/mol. The van der Waals surface area contributed by atoms with Crippen molar-refractivity contribution in [3.8, 4) is 11.5 Å². The highest BCUT2D eigenvalue weighted by Crippen LogP contribution is 2.32. The molecule has 1 N–H and O–H groups in total. The molecule has 0 aliphatic carbocycles. The van der Waals surface area contributed by atoms with Gasteiger partial charge in [-0.05, 0) is 59.7 Å². The summed E-state index contributed by atoms with van der Waals surface area (Å²) in [6, 6.07) is 18.5. The van der Waals surface area contributed by atoms with Gasteiger partial charge in [0.15, 0.2) is 11.5 Å². The van der Waals surface area contributed by atoms with E-state index in [1.807, 2.05) is 0 Å². The fourth-order valence-corrected chi connectivity index (χ4v) is 4.26. The molecule has 0 fully saturated rings. The van der Waals surface area contributed by atoms with E-state index in [-0.39, 0.29) is 13.3 Å². The summed E-state index contributed by atoms with van der Waals surface area (Å²) < 4.78 is 36.6. The van der Waals surface area contributed by atoms with E-state index in [1.165, 1.54) is 22.7 Å². The Labute approximate surface area is 196 Å². The first kappa shape index (κ1) is 22.6. The number of carbonyl (C=O) groups excluding carboxylic acids is 1. The maximum Gasteiger partial charge on any atom is 0.271 e. The lowest BCUT2D eigenvalue weighted by Crippen LogP contribution is -2.29. The monoisotopic (exact) mass is 485 g/mol. The van der Waals surface area contributed by atoms with Gasteiger partial charge in [0.2, 0.25) is 16.8 Å². The number of hydrogen-bond donors (Lipinski definition) is 1. The van der Waals surface area contributed by atoms with Crippen molar-refractivity contribution < 1.29 is 22.7 Å². The van der Waals surface area contributed by atoms with Gasteiger partial charge in [-0.15, -0.1) is 0 Å². The number of nitrogens with zero attached hydrogens (tertiary/aromatic N) is 2. The lowest BCUT2D eigenvalue weighted by molar-refractivity contribution is 0.0955. The topological polar surface area (TPSA) is 97.3 Å². The third-order valence-electron chi connectivity index (χ3n) is 4.87. The summed E-state index contributed by atoms with van der Waals surface area (Å²) in [4.78, 5) is 12.4. The molecule has 8 nitrogen and oxygen atoms in total. The van der Waals surface area contributed by atoms with E-state index in [4.69, 9.17) is 21.1 Å². The van der Waals surface area contributed by atoms with E-state index in [1.54, 1.807) is 54.6 Å². The van der Waals surface area contributed by atoms with Crippen LogP contribution in [0, 0.1) is 0 Å². The number of rotatable bonds is 7. The second kappa shape index (κ2) is 9.51. The molecule has 0 saturated heterocycles. The van der Waals surface area contributed by atoms with E-state index in [2.05, 4.69) is 10.5 Å². The first-order valence-corrected chi connectivity index (χ1v) is 12.1. The smallest absolute Gasteiger partial charge is 0.271 e. The van der Waals surface area contributed by atoms with Crippen molar-refractivity contribution in [1.82, 2.24) is 5.43 Å². The Bertz CT molecular complexity index is 1310. The fourth-order valence-electron chi connectivity index (χ4n) is 3.18. The molecule has 1 heterocycles. The van der Waals surface area contributed by atoms with Gasteiger partial charge in [0.05, 0.1) is 24.7 Å². The van der Waals surface area contributed by atoms with Gasteiger partial charge in [-0.3, -0.25) is 9.10 Å². The maximum atomic E-state index is 12.4. The molecule has 33 heavy (non-hydrogen) atoms. The van der Waals surface area contributed by atoms with Crippen LogP contribution in [-0.4, -0.2) is 33.6 Å². The van der Waals surface area contributed by atoms with Crippen LogP contribution in [-0.2, 0) is 16.6 Å². The van der Waals surface area contributed by atoms with Crippen LogP contribution in [0.2, 0.25) is 5.02 Å². The summed E-state index contributed by atoms with van der Waals surface area (Å²) in [5.74, 6) is 0.845. The molecule has 10 heteroatoms. The molecule has 0 unspecified atom stereocenters. The van der Waals surface area contributed by atoms with E-state index >= 15 is 0 Å². The SMILES string of the molecule is CS(=O)(=O)N(Cc1ccccc1Cl)c1ccc(C(=O)N/N=C\c2ccc3c(c2)OCO3)cc1. The molecule has 4 rings (SSSR count). The number of carbonyl (C=O) groups is 1. The lowest BCUT2D eigenvalue weighted by atomic mass is 10.2. The molecule has 0 bridgehead atoms. The van der Waals surface area contributed by atoms with Crippen molar-refractivity contribution in [1.29, 1.82) is 0 Å². The number of halogens is 1. The number of sulfonamides is 1. The molecule has 1 amide bonds. The van der Waals surface area contributed by atoms with Gasteiger partial charge < -0.3 is 9.47 Å². The van der Waals surface area contributed by atoms with Gasteiger partial charge in [0, 0.05) is 10.6 Å². The number of ether oxygens (including phenoxy) is 2. The van der Waals surface area contributed by atoms with Gasteiger partial charge in [-0.25, -0.2) is 13.8 Å². The maximum absolute atomic E-state index is 12.4. The van der Waals surface area contributed by atoms with Gasteiger partial charge >= 0.3 is 0 Å². The van der Waals surface area contributed by atoms with E-state index in [0.29, 0.717) is 33.3 Å². The Morgan fingerprint density at radius 2 is 1.82 bits per heavy atom. The van der Waals surface area contributed by atoms with Crippen LogP contribution >= 0.6 is 11.6 Å². The molecule has 0 atom stereocenters. The zero-order valence-corrected chi connectivity index (χ0v) is 19.1. The molecule has 0 radical (unpaired) electrons. The van der Waals surface area contributed by atoms with E-state index in [9.17, 15) is 13.2 Å². The zero-order valence-electron chi connectivity index (χ0n) is 17.6. The van der Waals surface area contributed by atoms with Gasteiger partial charge in [0.1, 0.15) is 0 Å². The highest BCUT2D eigenvalue weighted by atomic mass is 35.5. The number of benzene rings is 3. The Hall–Kier alpha value is -3.56. The quantitative estimate of drug-likeness (QED) is 0.405. The zero-order chi connectivity index (χ0) is 23.4. The molecule has 0 spiro atoms. The summed E-state index contributed by atoms with van der Waals surface area (Å²) >= 11 is 6.19. The van der Waals surface area contributed by atoms with Crippen LogP contribution in [0.25, 0.3) is 0 Å². The molecule has 3 aromatic carbocycles. The van der Waals surface area contributed by atoms with Crippen LogP contribution in [0.4, 0.5) is 5.69 Å². The summed E-state index contributed by atoms with van der Waals surface area (Å²) in [5.41, 5.74) is 4.60. The van der Waals surface area contributed by atoms with Crippen LogP contribution in [0.1, 0.15) is 21.5 Å². The molecule has 1 aliphatic heterocycles. The second-order valence-electron chi connectivity index (χ2n) is 7.22. The number of amides is 1. The molecule has 0 saturated carbocycles. The van der Waals surface area contributed by atoms with Crippen molar-refractivity contribution in [2.24, 2.45) is 5.10 Å². The van der Waals surface area contributed by atoms with Crippen LogP contribution < -0.4 is 19.2 Å². The standard InChI is InChI=1S/C23H20ClN3O5S/c1-33(29,30)27(14-18-4-2-3-5-20(18)24)19-9-7-17(8-10-19)23(28)26-25-13-16-6-11-21-22(12-16)32-15-31-21/h2-13H,14-15H2,1H3,(H,26,28)/b25-13-. The van der Waals surface area contributed by atoms with Gasteiger partial charge in [-0.1, -0.05) is 29.8 Å². The Morgan fingerprint density at radius 1 is 1.09 bits per heavy atom. The predicted octanol–water partition coefficient (Wildman–Crippen LogP) is 3.80. The summed E-state index contributed by atoms with van der Waals surface area (Å²) in [5, 5.41) is 4.44. The minimum absolute atomic E-state index is 0.0733. The Balaban J connectivity index is 1.44. The predicted molar refractivity (Wildman–Crippen MR) is 127 cm³/mol. The first-order chi connectivity index (χ1) is 15.8. The normalized spacial score (nSPS) is 12.7. The molecule has 170 valence electrons. The van der Waals surface area contributed by atoms with E-state index in [0.717, 1.165) is 11.8 Å². The van der Waals surface area contributed by atoms with Crippen molar-refractivity contribution in [2.45, 2.75) is 6.54 Å². The van der Waals surface area contributed by atoms with Crippen molar-refractivity contribution in [3.63, 3.8) is 0 Å². The Kier molecular flexibility index (Phi) is 6.52. The van der Waals surface area contributed by atoms with Crippen molar-refractivity contribution in [2.75, 3.05) is 17.4 Å². The van der Waals surface area contributed by atoms with Crippen molar-refractivity contribution in [3.05, 3.63) is 88.4 Å². The van der Waals surface area contributed by atoms with E-state index < -0.39 is 15.9 Å². The van der Waals surface area contributed by atoms with Crippen LogP contribution in [0.15, 0.2) is 71.8 Å². The first-order valence-electron chi connectivity index (χ1n) is 9.85. The lowest BCUT2D eigenvalue weighted by Gasteiger charge is -2.23. The molecule has 3 aromatic rings. The molecular formula is C23H20ClN3O5S. The largest absolute Gasteiger partial charge is 0.454 e. The molecule has 1 aliphatic rings. The highest BCUT2D eigenvalue weighted by Gasteiger charge is 2.19. The number of nitrogens with one attached hydrogen (secondary N) is 1. The number of hydrogen-bond acceptors (Lipinski definition) is 6. The number of fused-ring (bicyclic) bond motifs is 1. The van der Waals surface area contributed by atoms with Crippen molar-refractivity contribution >= 4 is 39.4 Å². The summed E-state index contributed by atoms with van der Waals surface area (Å²) in [6.07, 6.45) is 2.61. The molecule has 0 aromatic heterocycles. The third kappa shape index (κ3) is 5.44. The fraction of sp³-hybridized carbons (Fsp3) is 0.130.